The number of carbonyl (C=O) groups is 1. The van der Waals surface area contributed by atoms with Gasteiger partial charge in [0.25, 0.3) is 0 Å². The molecule has 0 aromatic heterocycles. The van der Waals surface area contributed by atoms with E-state index in [4.69, 9.17) is 11.6 Å². The van der Waals surface area contributed by atoms with E-state index in [2.05, 4.69) is 16.3 Å². The van der Waals surface area contributed by atoms with Crippen molar-refractivity contribution in [1.29, 1.82) is 0 Å². The highest BCUT2D eigenvalue weighted by atomic mass is 35.5. The number of anilines is 2. The fourth-order valence-electron chi connectivity index (χ4n) is 2.56. The summed E-state index contributed by atoms with van der Waals surface area (Å²) in [5.74, 6) is 0.601. The molecule has 0 bridgehead atoms. The third-order valence-corrected chi connectivity index (χ3v) is 3.65. The fourth-order valence-corrected chi connectivity index (χ4v) is 2.73. The summed E-state index contributed by atoms with van der Waals surface area (Å²) in [6.45, 7) is 0.977. The second-order valence-corrected chi connectivity index (χ2v) is 4.59. The van der Waals surface area contributed by atoms with E-state index in [0.29, 0.717) is 5.88 Å². The molecule has 1 fully saturated rings. The summed E-state index contributed by atoms with van der Waals surface area (Å²) in [5, 5.41) is 2.97. The number of nitrogens with zero attached hydrogens (tertiary/aromatic N) is 1. The maximum atomic E-state index is 11.9. The van der Waals surface area contributed by atoms with Gasteiger partial charge >= 0.3 is 0 Å². The number of carbonyl (C=O) groups excluding carboxylic acids is 1. The number of alkyl halides is 1. The Morgan fingerprint density at radius 2 is 2.38 bits per heavy atom. The molecule has 16 heavy (non-hydrogen) atoms. The Bertz CT molecular complexity index is 447. The number of nitrogens with one attached hydrogen (secondary N) is 1. The van der Waals surface area contributed by atoms with Crippen molar-refractivity contribution in [2.24, 2.45) is 0 Å². The van der Waals surface area contributed by atoms with Crippen LogP contribution in [0, 0.1) is 0 Å². The van der Waals surface area contributed by atoms with Crippen LogP contribution >= 0.6 is 11.6 Å². The molecular formula is C12H13ClN2O. The Morgan fingerprint density at radius 1 is 1.50 bits per heavy atom. The van der Waals surface area contributed by atoms with Crippen molar-refractivity contribution in [3.8, 4) is 0 Å². The van der Waals surface area contributed by atoms with E-state index in [1.165, 1.54) is 0 Å². The Balaban J connectivity index is 2.06. The van der Waals surface area contributed by atoms with E-state index >= 15 is 0 Å². The molecule has 0 radical (unpaired) electrons. The molecule has 3 rings (SSSR count). The summed E-state index contributed by atoms with van der Waals surface area (Å²) in [4.78, 5) is 14.1. The van der Waals surface area contributed by atoms with E-state index in [9.17, 15) is 4.79 Å². The largest absolute Gasteiger partial charge is 0.358 e. The van der Waals surface area contributed by atoms with Crippen LogP contribution in [0.15, 0.2) is 18.2 Å². The van der Waals surface area contributed by atoms with Crippen molar-refractivity contribution in [3.63, 3.8) is 0 Å². The molecule has 2 aliphatic heterocycles. The van der Waals surface area contributed by atoms with Gasteiger partial charge in [0.05, 0.1) is 11.4 Å². The highest BCUT2D eigenvalue weighted by Gasteiger charge is 2.36. The predicted octanol–water partition coefficient (Wildman–Crippen LogP) is 2.35. The number of fused-ring (bicyclic) bond motifs is 3. The first-order valence-corrected chi connectivity index (χ1v) is 6.09. The molecule has 1 atom stereocenters. The lowest BCUT2D eigenvalue weighted by molar-refractivity contribution is -0.117. The van der Waals surface area contributed by atoms with Crippen molar-refractivity contribution in [2.45, 2.75) is 24.8 Å². The van der Waals surface area contributed by atoms with E-state index < -0.39 is 0 Å². The first kappa shape index (κ1) is 9.97. The summed E-state index contributed by atoms with van der Waals surface area (Å²) in [7, 11) is 0. The third-order valence-electron chi connectivity index (χ3n) is 3.34. The van der Waals surface area contributed by atoms with Gasteiger partial charge in [0.15, 0.2) is 0 Å². The van der Waals surface area contributed by atoms with Crippen LogP contribution in [0.5, 0.6) is 0 Å². The Morgan fingerprint density at radius 3 is 3.19 bits per heavy atom. The van der Waals surface area contributed by atoms with E-state index in [1.54, 1.807) is 0 Å². The minimum atomic E-state index is 0.0364. The quantitative estimate of drug-likeness (QED) is 0.760. The number of hydrogen-bond acceptors (Lipinski definition) is 2. The number of benzene rings is 1. The molecule has 84 valence electrons. The molecule has 4 heteroatoms. The van der Waals surface area contributed by atoms with Gasteiger partial charge in [0.2, 0.25) is 5.91 Å². The monoisotopic (exact) mass is 236 g/mol. The van der Waals surface area contributed by atoms with Crippen LogP contribution in [0.2, 0.25) is 0 Å². The standard InChI is InChI=1S/C12H13ClN2O/c13-7-8-3-4-10-9(6-8)14-12(16)11-2-1-5-15(10)11/h3-4,6,11H,1-2,5,7H2,(H,14,16)/t11-/m0/s1. The van der Waals surface area contributed by atoms with Crippen molar-refractivity contribution >= 4 is 28.9 Å². The van der Waals surface area contributed by atoms with Gasteiger partial charge in [-0.05, 0) is 30.5 Å². The molecule has 3 nitrogen and oxygen atoms in total. The lowest BCUT2D eigenvalue weighted by atomic mass is 10.1. The van der Waals surface area contributed by atoms with E-state index in [-0.39, 0.29) is 11.9 Å². The predicted molar refractivity (Wildman–Crippen MR) is 65.0 cm³/mol. The number of hydrogen-bond donors (Lipinski definition) is 1. The van der Waals surface area contributed by atoms with Crippen LogP contribution in [0.25, 0.3) is 0 Å². The minimum absolute atomic E-state index is 0.0364. The average molecular weight is 237 g/mol. The summed E-state index contributed by atoms with van der Waals surface area (Å²) >= 11 is 5.79. The van der Waals surface area contributed by atoms with Crippen LogP contribution in [0.4, 0.5) is 11.4 Å². The number of halogens is 1. The van der Waals surface area contributed by atoms with Gasteiger partial charge < -0.3 is 10.2 Å². The molecule has 0 saturated carbocycles. The first-order chi connectivity index (χ1) is 7.79. The number of rotatable bonds is 1. The van der Waals surface area contributed by atoms with Crippen molar-refractivity contribution in [2.75, 3.05) is 16.8 Å². The lowest BCUT2D eigenvalue weighted by Gasteiger charge is -2.33. The van der Waals surface area contributed by atoms with Crippen LogP contribution in [0.1, 0.15) is 18.4 Å². The Kier molecular flexibility index (Phi) is 2.28. The third kappa shape index (κ3) is 1.39. The maximum absolute atomic E-state index is 11.9. The number of amides is 1. The first-order valence-electron chi connectivity index (χ1n) is 5.56. The zero-order chi connectivity index (χ0) is 11.1. The molecule has 0 aliphatic carbocycles. The average Bonchev–Trinajstić information content (AvgIpc) is 2.78. The zero-order valence-corrected chi connectivity index (χ0v) is 9.63. The summed E-state index contributed by atoms with van der Waals surface area (Å²) < 4.78 is 0. The lowest BCUT2D eigenvalue weighted by Crippen LogP contribution is -2.43. The van der Waals surface area contributed by atoms with Gasteiger partial charge in [-0.3, -0.25) is 4.79 Å². The van der Waals surface area contributed by atoms with E-state index in [0.717, 1.165) is 36.3 Å². The molecule has 1 amide bonds. The van der Waals surface area contributed by atoms with Crippen molar-refractivity contribution in [1.82, 2.24) is 0 Å². The summed E-state index contributed by atoms with van der Waals surface area (Å²) in [6, 6.07) is 6.09. The SMILES string of the molecule is O=C1Nc2cc(CCl)ccc2N2CCC[C@@H]12. The molecule has 1 aromatic carbocycles. The molecule has 2 heterocycles. The summed E-state index contributed by atoms with van der Waals surface area (Å²) in [6.07, 6.45) is 2.05. The van der Waals surface area contributed by atoms with Crippen molar-refractivity contribution in [3.05, 3.63) is 23.8 Å². The Hall–Kier alpha value is -1.22. The van der Waals surface area contributed by atoms with Crippen LogP contribution in [0.3, 0.4) is 0 Å². The fraction of sp³-hybridized carbons (Fsp3) is 0.417. The molecule has 0 spiro atoms. The van der Waals surface area contributed by atoms with Gasteiger partial charge in [0, 0.05) is 12.4 Å². The smallest absolute Gasteiger partial charge is 0.247 e. The van der Waals surface area contributed by atoms with Gasteiger partial charge in [-0.25, -0.2) is 0 Å². The highest BCUT2D eigenvalue weighted by molar-refractivity contribution is 6.17. The van der Waals surface area contributed by atoms with E-state index in [1.807, 2.05) is 12.1 Å². The second-order valence-electron chi connectivity index (χ2n) is 4.33. The molecular weight excluding hydrogens is 224 g/mol. The molecule has 0 unspecified atom stereocenters. The molecule has 1 saturated heterocycles. The van der Waals surface area contributed by atoms with Crippen molar-refractivity contribution < 1.29 is 4.79 Å². The molecule has 1 aromatic rings. The van der Waals surface area contributed by atoms with Crippen LogP contribution < -0.4 is 10.2 Å². The second kappa shape index (κ2) is 3.67. The summed E-state index contributed by atoms with van der Waals surface area (Å²) in [5.41, 5.74) is 3.08. The topological polar surface area (TPSA) is 32.3 Å². The highest BCUT2D eigenvalue weighted by Crippen LogP contribution is 2.37. The minimum Gasteiger partial charge on any atom is -0.358 e. The Labute approximate surface area is 99.4 Å². The normalized spacial score (nSPS) is 22.7. The van der Waals surface area contributed by atoms with Gasteiger partial charge in [0.1, 0.15) is 6.04 Å². The maximum Gasteiger partial charge on any atom is 0.247 e. The van der Waals surface area contributed by atoms with Gasteiger partial charge in [-0.1, -0.05) is 6.07 Å². The van der Waals surface area contributed by atoms with Gasteiger partial charge in [-0.15, -0.1) is 11.6 Å². The molecule has 1 N–H and O–H groups in total. The van der Waals surface area contributed by atoms with Crippen LogP contribution in [-0.2, 0) is 10.7 Å². The zero-order valence-electron chi connectivity index (χ0n) is 8.87. The van der Waals surface area contributed by atoms with Gasteiger partial charge in [-0.2, -0.15) is 0 Å². The molecule has 2 aliphatic rings. The van der Waals surface area contributed by atoms with Crippen LogP contribution in [-0.4, -0.2) is 18.5 Å².